The Morgan fingerprint density at radius 1 is 1.47 bits per heavy atom. The Balaban J connectivity index is 2.77. The molecule has 0 N–H and O–H groups in total. The molecule has 0 aliphatic heterocycles. The molecular formula is C10H12ClNO3. The van der Waals surface area contributed by atoms with Crippen LogP contribution in [0.3, 0.4) is 0 Å². The molecule has 0 unspecified atom stereocenters. The molecule has 0 amide bonds. The number of aromatic nitrogens is 1. The molecule has 0 fully saturated rings. The quantitative estimate of drug-likeness (QED) is 0.745. The third kappa shape index (κ3) is 3.09. The molecule has 1 heterocycles. The van der Waals surface area contributed by atoms with Crippen LogP contribution in [-0.4, -0.2) is 23.7 Å². The molecule has 0 atom stereocenters. The summed E-state index contributed by atoms with van der Waals surface area (Å²) in [7, 11) is 1.31. The van der Waals surface area contributed by atoms with Gasteiger partial charge < -0.3 is 9.47 Å². The zero-order valence-electron chi connectivity index (χ0n) is 8.78. The van der Waals surface area contributed by atoms with Crippen molar-refractivity contribution in [3.63, 3.8) is 0 Å². The maximum atomic E-state index is 11.3. The minimum atomic E-state index is -1.06. The van der Waals surface area contributed by atoms with Crippen molar-refractivity contribution in [2.45, 2.75) is 19.4 Å². The van der Waals surface area contributed by atoms with Gasteiger partial charge in [-0.2, -0.15) is 0 Å². The molecule has 0 bridgehead atoms. The topological polar surface area (TPSA) is 48.4 Å². The summed E-state index contributed by atoms with van der Waals surface area (Å²) in [5.74, 6) is -0.131. The minimum Gasteiger partial charge on any atom is -0.466 e. The van der Waals surface area contributed by atoms with E-state index in [0.717, 1.165) is 0 Å². The number of hydrogen-bond acceptors (Lipinski definition) is 4. The van der Waals surface area contributed by atoms with E-state index in [1.165, 1.54) is 13.3 Å². The maximum absolute atomic E-state index is 11.3. The van der Waals surface area contributed by atoms with Crippen LogP contribution in [0.25, 0.3) is 0 Å². The van der Waals surface area contributed by atoms with Crippen molar-refractivity contribution < 1.29 is 14.3 Å². The lowest BCUT2D eigenvalue weighted by Crippen LogP contribution is -2.39. The fourth-order valence-corrected chi connectivity index (χ4v) is 1.08. The smallest absolute Gasteiger partial charge is 0.349 e. The molecule has 0 aliphatic rings. The molecule has 1 aromatic heterocycles. The molecule has 0 aromatic carbocycles. The Hall–Kier alpha value is -1.29. The van der Waals surface area contributed by atoms with Crippen LogP contribution in [-0.2, 0) is 9.53 Å². The van der Waals surface area contributed by atoms with Gasteiger partial charge in [0, 0.05) is 12.3 Å². The van der Waals surface area contributed by atoms with Crippen LogP contribution < -0.4 is 4.74 Å². The van der Waals surface area contributed by atoms with Gasteiger partial charge in [-0.05, 0) is 19.9 Å². The van der Waals surface area contributed by atoms with Crippen LogP contribution in [0.5, 0.6) is 5.88 Å². The highest BCUT2D eigenvalue weighted by Crippen LogP contribution is 2.18. The standard InChI is InChI=1S/C10H12ClNO3/c1-10(2,9(13)14-3)15-8-5-4-7(11)6-12-8/h4-6H,1-3H3. The average molecular weight is 230 g/mol. The minimum absolute atomic E-state index is 0.329. The number of ether oxygens (including phenoxy) is 2. The van der Waals surface area contributed by atoms with Crippen molar-refractivity contribution in [3.05, 3.63) is 23.4 Å². The third-order valence-corrected chi connectivity index (χ3v) is 1.96. The predicted molar refractivity (Wildman–Crippen MR) is 56.0 cm³/mol. The number of methoxy groups -OCH3 is 1. The van der Waals surface area contributed by atoms with Crippen LogP contribution >= 0.6 is 11.6 Å². The summed E-state index contributed by atoms with van der Waals surface area (Å²) in [5, 5.41) is 0.512. The van der Waals surface area contributed by atoms with E-state index >= 15 is 0 Å². The normalized spacial score (nSPS) is 10.9. The van der Waals surface area contributed by atoms with Gasteiger partial charge in [-0.3, -0.25) is 0 Å². The first kappa shape index (κ1) is 11.8. The van der Waals surface area contributed by atoms with Crippen molar-refractivity contribution in [1.29, 1.82) is 0 Å². The summed E-state index contributed by atoms with van der Waals surface area (Å²) in [4.78, 5) is 15.2. The molecule has 0 spiro atoms. The van der Waals surface area contributed by atoms with Crippen molar-refractivity contribution >= 4 is 17.6 Å². The number of rotatable bonds is 3. The Morgan fingerprint density at radius 2 is 2.13 bits per heavy atom. The van der Waals surface area contributed by atoms with Gasteiger partial charge in [-0.15, -0.1) is 0 Å². The number of pyridine rings is 1. The molecule has 0 radical (unpaired) electrons. The van der Waals surface area contributed by atoms with Crippen molar-refractivity contribution in [3.8, 4) is 5.88 Å². The zero-order chi connectivity index (χ0) is 11.5. The van der Waals surface area contributed by atoms with Crippen LogP contribution in [0.1, 0.15) is 13.8 Å². The Kier molecular flexibility index (Phi) is 3.52. The SMILES string of the molecule is COC(=O)C(C)(C)Oc1ccc(Cl)cn1. The van der Waals surface area contributed by atoms with Gasteiger partial charge in [0.2, 0.25) is 11.5 Å². The first-order valence-electron chi connectivity index (χ1n) is 4.34. The second kappa shape index (κ2) is 4.49. The highest BCUT2D eigenvalue weighted by Gasteiger charge is 2.31. The highest BCUT2D eigenvalue weighted by molar-refractivity contribution is 6.30. The zero-order valence-corrected chi connectivity index (χ0v) is 9.54. The highest BCUT2D eigenvalue weighted by atomic mass is 35.5. The maximum Gasteiger partial charge on any atom is 0.349 e. The van der Waals surface area contributed by atoms with E-state index in [0.29, 0.717) is 10.9 Å². The van der Waals surface area contributed by atoms with Gasteiger partial charge in [0.05, 0.1) is 12.1 Å². The van der Waals surface area contributed by atoms with E-state index in [9.17, 15) is 4.79 Å². The van der Waals surface area contributed by atoms with Gasteiger partial charge >= 0.3 is 5.97 Å². The van der Waals surface area contributed by atoms with E-state index in [4.69, 9.17) is 16.3 Å². The van der Waals surface area contributed by atoms with Crippen LogP contribution in [0.2, 0.25) is 5.02 Å². The van der Waals surface area contributed by atoms with E-state index < -0.39 is 11.6 Å². The lowest BCUT2D eigenvalue weighted by molar-refractivity contribution is -0.156. The van der Waals surface area contributed by atoms with E-state index in [2.05, 4.69) is 9.72 Å². The number of hydrogen-bond donors (Lipinski definition) is 0. The molecule has 0 aliphatic carbocycles. The largest absolute Gasteiger partial charge is 0.466 e. The van der Waals surface area contributed by atoms with E-state index in [1.807, 2.05) is 0 Å². The second-order valence-corrected chi connectivity index (χ2v) is 3.86. The van der Waals surface area contributed by atoms with Gasteiger partial charge in [0.25, 0.3) is 0 Å². The summed E-state index contributed by atoms with van der Waals surface area (Å²) in [6.07, 6.45) is 1.45. The van der Waals surface area contributed by atoms with Crippen LogP contribution in [0, 0.1) is 0 Å². The van der Waals surface area contributed by atoms with Crippen molar-refractivity contribution in [1.82, 2.24) is 4.98 Å². The average Bonchev–Trinajstić information content (AvgIpc) is 2.20. The lowest BCUT2D eigenvalue weighted by Gasteiger charge is -2.22. The summed E-state index contributed by atoms with van der Waals surface area (Å²) in [6.45, 7) is 3.21. The third-order valence-electron chi connectivity index (χ3n) is 1.74. The monoisotopic (exact) mass is 229 g/mol. The molecule has 4 nitrogen and oxygen atoms in total. The number of esters is 1. The summed E-state index contributed by atoms with van der Waals surface area (Å²) >= 11 is 5.66. The number of nitrogens with zero attached hydrogens (tertiary/aromatic N) is 1. The van der Waals surface area contributed by atoms with Crippen LogP contribution in [0.4, 0.5) is 0 Å². The summed E-state index contributed by atoms with van der Waals surface area (Å²) in [6, 6.07) is 3.23. The Labute approximate surface area is 93.2 Å². The molecule has 1 rings (SSSR count). The van der Waals surface area contributed by atoms with Crippen LogP contribution in [0.15, 0.2) is 18.3 Å². The number of carbonyl (C=O) groups excluding carboxylic acids is 1. The summed E-state index contributed by atoms with van der Waals surface area (Å²) in [5.41, 5.74) is -1.06. The molecule has 0 saturated heterocycles. The Bertz CT molecular complexity index is 348. The van der Waals surface area contributed by atoms with Gasteiger partial charge in [0.1, 0.15) is 0 Å². The van der Waals surface area contributed by atoms with Gasteiger partial charge in [0.15, 0.2) is 0 Å². The fraction of sp³-hybridized carbons (Fsp3) is 0.400. The molecule has 15 heavy (non-hydrogen) atoms. The first-order valence-corrected chi connectivity index (χ1v) is 4.72. The molecular weight excluding hydrogens is 218 g/mol. The van der Waals surface area contributed by atoms with Crippen molar-refractivity contribution in [2.24, 2.45) is 0 Å². The molecule has 5 heteroatoms. The second-order valence-electron chi connectivity index (χ2n) is 3.42. The summed E-state index contributed by atoms with van der Waals surface area (Å²) < 4.78 is 9.96. The Morgan fingerprint density at radius 3 is 2.60 bits per heavy atom. The fourth-order valence-electron chi connectivity index (χ4n) is 0.972. The lowest BCUT2D eigenvalue weighted by atomic mass is 10.1. The first-order chi connectivity index (χ1) is 6.95. The molecule has 0 saturated carbocycles. The molecule has 82 valence electrons. The van der Waals surface area contributed by atoms with E-state index in [1.54, 1.807) is 26.0 Å². The number of halogens is 1. The van der Waals surface area contributed by atoms with Gasteiger partial charge in [-0.1, -0.05) is 11.6 Å². The van der Waals surface area contributed by atoms with Crippen molar-refractivity contribution in [2.75, 3.05) is 7.11 Å². The predicted octanol–water partition coefficient (Wildman–Crippen LogP) is 2.07. The van der Waals surface area contributed by atoms with Gasteiger partial charge in [-0.25, -0.2) is 9.78 Å². The molecule has 1 aromatic rings. The van der Waals surface area contributed by atoms with E-state index in [-0.39, 0.29) is 0 Å². The number of carbonyl (C=O) groups is 1.